The number of aliphatic hydroxyl groups excluding tert-OH is 1. The highest BCUT2D eigenvalue weighted by Gasteiger charge is 2.25. The Kier molecular flexibility index (Phi) is 5.07. The van der Waals surface area contributed by atoms with E-state index in [-0.39, 0.29) is 6.10 Å². The molecule has 0 aromatic carbocycles. The Balaban J connectivity index is 2.24. The first kappa shape index (κ1) is 13.0. The SMILES string of the molecule is CC(C)C(C)N(C)CCC1CCCC1O. The van der Waals surface area contributed by atoms with E-state index >= 15 is 0 Å². The summed E-state index contributed by atoms with van der Waals surface area (Å²) in [5.74, 6) is 1.27. The van der Waals surface area contributed by atoms with E-state index in [0.717, 1.165) is 19.4 Å². The van der Waals surface area contributed by atoms with Gasteiger partial charge in [-0.25, -0.2) is 0 Å². The molecule has 0 aromatic heterocycles. The third kappa shape index (κ3) is 3.76. The molecule has 2 heteroatoms. The summed E-state index contributed by atoms with van der Waals surface area (Å²) in [6.07, 6.45) is 4.61. The Morgan fingerprint density at radius 3 is 2.40 bits per heavy atom. The zero-order chi connectivity index (χ0) is 11.4. The van der Waals surface area contributed by atoms with Crippen LogP contribution < -0.4 is 0 Å². The molecule has 1 fully saturated rings. The lowest BCUT2D eigenvalue weighted by Crippen LogP contribution is -2.35. The second-order valence-electron chi connectivity index (χ2n) is 5.51. The van der Waals surface area contributed by atoms with Crippen molar-refractivity contribution >= 4 is 0 Å². The van der Waals surface area contributed by atoms with Crippen LogP contribution in [0, 0.1) is 11.8 Å². The van der Waals surface area contributed by atoms with Crippen LogP contribution in [0.1, 0.15) is 46.5 Å². The smallest absolute Gasteiger partial charge is 0.0568 e. The monoisotopic (exact) mass is 213 g/mol. The van der Waals surface area contributed by atoms with E-state index in [1.54, 1.807) is 0 Å². The molecule has 3 atom stereocenters. The number of rotatable bonds is 5. The van der Waals surface area contributed by atoms with Gasteiger partial charge in [0.25, 0.3) is 0 Å². The Bertz CT molecular complexity index is 181. The van der Waals surface area contributed by atoms with Gasteiger partial charge in [0.1, 0.15) is 0 Å². The van der Waals surface area contributed by atoms with Gasteiger partial charge in [-0.15, -0.1) is 0 Å². The molecule has 0 bridgehead atoms. The summed E-state index contributed by atoms with van der Waals surface area (Å²) >= 11 is 0. The van der Waals surface area contributed by atoms with Crippen molar-refractivity contribution in [2.45, 2.75) is 58.6 Å². The Morgan fingerprint density at radius 1 is 1.27 bits per heavy atom. The van der Waals surface area contributed by atoms with Crippen molar-refractivity contribution in [3.63, 3.8) is 0 Å². The van der Waals surface area contributed by atoms with E-state index in [1.165, 1.54) is 12.8 Å². The molecule has 1 saturated carbocycles. The normalized spacial score (nSPS) is 29.0. The molecule has 0 amide bonds. The van der Waals surface area contributed by atoms with Crippen LogP contribution in [-0.4, -0.2) is 35.7 Å². The average Bonchev–Trinajstić information content (AvgIpc) is 2.59. The molecule has 0 heterocycles. The van der Waals surface area contributed by atoms with Crippen molar-refractivity contribution in [1.29, 1.82) is 0 Å². The molecule has 1 N–H and O–H groups in total. The summed E-state index contributed by atoms with van der Waals surface area (Å²) < 4.78 is 0. The van der Waals surface area contributed by atoms with Crippen LogP contribution in [0.25, 0.3) is 0 Å². The highest BCUT2D eigenvalue weighted by atomic mass is 16.3. The lowest BCUT2D eigenvalue weighted by molar-refractivity contribution is 0.112. The molecule has 2 nitrogen and oxygen atoms in total. The summed E-state index contributed by atoms with van der Waals surface area (Å²) in [6.45, 7) is 7.95. The van der Waals surface area contributed by atoms with Gasteiger partial charge in [-0.3, -0.25) is 0 Å². The van der Waals surface area contributed by atoms with Crippen LogP contribution in [0.5, 0.6) is 0 Å². The summed E-state index contributed by atoms with van der Waals surface area (Å²) in [7, 11) is 2.20. The van der Waals surface area contributed by atoms with Gasteiger partial charge in [0.2, 0.25) is 0 Å². The van der Waals surface area contributed by atoms with Gasteiger partial charge in [0.05, 0.1) is 6.10 Å². The fourth-order valence-electron chi connectivity index (χ4n) is 2.44. The van der Waals surface area contributed by atoms with Gasteiger partial charge < -0.3 is 10.0 Å². The van der Waals surface area contributed by atoms with Crippen molar-refractivity contribution in [3.8, 4) is 0 Å². The van der Waals surface area contributed by atoms with Crippen LogP contribution in [-0.2, 0) is 0 Å². The minimum atomic E-state index is -0.0206. The molecular formula is C13H27NO. The van der Waals surface area contributed by atoms with Crippen LogP contribution in [0.4, 0.5) is 0 Å². The van der Waals surface area contributed by atoms with E-state index in [0.29, 0.717) is 17.9 Å². The van der Waals surface area contributed by atoms with Crippen molar-refractivity contribution < 1.29 is 5.11 Å². The molecule has 15 heavy (non-hydrogen) atoms. The maximum absolute atomic E-state index is 9.73. The van der Waals surface area contributed by atoms with Crippen molar-refractivity contribution in [2.75, 3.05) is 13.6 Å². The largest absolute Gasteiger partial charge is 0.393 e. The lowest BCUT2D eigenvalue weighted by Gasteiger charge is -2.29. The minimum Gasteiger partial charge on any atom is -0.393 e. The maximum atomic E-state index is 9.73. The van der Waals surface area contributed by atoms with E-state index < -0.39 is 0 Å². The summed E-state index contributed by atoms with van der Waals surface area (Å²) in [5.41, 5.74) is 0. The van der Waals surface area contributed by atoms with Crippen LogP contribution >= 0.6 is 0 Å². The molecule has 90 valence electrons. The molecule has 0 radical (unpaired) electrons. The summed E-state index contributed by atoms with van der Waals surface area (Å²) in [4.78, 5) is 2.43. The van der Waals surface area contributed by atoms with Crippen LogP contribution in [0.3, 0.4) is 0 Å². The van der Waals surface area contributed by atoms with Crippen molar-refractivity contribution in [3.05, 3.63) is 0 Å². The number of hydrogen-bond donors (Lipinski definition) is 1. The second-order valence-corrected chi connectivity index (χ2v) is 5.51. The fraction of sp³-hybridized carbons (Fsp3) is 1.00. The van der Waals surface area contributed by atoms with E-state index in [2.05, 4.69) is 32.7 Å². The van der Waals surface area contributed by atoms with Gasteiger partial charge in [-0.05, 0) is 51.6 Å². The first-order valence-corrected chi connectivity index (χ1v) is 6.40. The summed E-state index contributed by atoms with van der Waals surface area (Å²) in [5, 5.41) is 9.73. The van der Waals surface area contributed by atoms with Gasteiger partial charge in [0.15, 0.2) is 0 Å². The Morgan fingerprint density at radius 2 is 1.93 bits per heavy atom. The van der Waals surface area contributed by atoms with E-state index in [4.69, 9.17) is 0 Å². The molecule has 1 aliphatic rings. The predicted octanol–water partition coefficient (Wildman–Crippen LogP) is 2.51. The van der Waals surface area contributed by atoms with Gasteiger partial charge in [-0.2, -0.15) is 0 Å². The van der Waals surface area contributed by atoms with Gasteiger partial charge >= 0.3 is 0 Å². The predicted molar refractivity (Wildman–Crippen MR) is 64.9 cm³/mol. The van der Waals surface area contributed by atoms with Gasteiger partial charge in [-0.1, -0.05) is 20.3 Å². The number of nitrogens with zero attached hydrogens (tertiary/aromatic N) is 1. The maximum Gasteiger partial charge on any atom is 0.0568 e. The van der Waals surface area contributed by atoms with E-state index in [1.807, 2.05) is 0 Å². The standard InChI is InChI=1S/C13H27NO/c1-10(2)11(3)14(4)9-8-12-6-5-7-13(12)15/h10-13,15H,5-9H2,1-4H3. The average molecular weight is 213 g/mol. The molecule has 1 aliphatic carbocycles. The highest BCUT2D eigenvalue weighted by Crippen LogP contribution is 2.28. The Hall–Kier alpha value is -0.0800. The van der Waals surface area contributed by atoms with Crippen molar-refractivity contribution in [1.82, 2.24) is 4.90 Å². The van der Waals surface area contributed by atoms with Crippen LogP contribution in [0.2, 0.25) is 0 Å². The number of hydrogen-bond acceptors (Lipinski definition) is 2. The van der Waals surface area contributed by atoms with Gasteiger partial charge in [0, 0.05) is 6.04 Å². The van der Waals surface area contributed by atoms with Crippen LogP contribution in [0.15, 0.2) is 0 Å². The first-order valence-electron chi connectivity index (χ1n) is 6.40. The second kappa shape index (κ2) is 5.86. The molecule has 1 rings (SSSR count). The molecule has 0 saturated heterocycles. The molecule has 0 aromatic rings. The minimum absolute atomic E-state index is 0.0206. The topological polar surface area (TPSA) is 23.5 Å². The first-order chi connectivity index (χ1) is 7.02. The third-order valence-electron chi connectivity index (χ3n) is 4.13. The van der Waals surface area contributed by atoms with E-state index in [9.17, 15) is 5.11 Å². The fourth-order valence-corrected chi connectivity index (χ4v) is 2.44. The van der Waals surface area contributed by atoms with Crippen molar-refractivity contribution in [2.24, 2.45) is 11.8 Å². The zero-order valence-electron chi connectivity index (χ0n) is 10.7. The molecular weight excluding hydrogens is 186 g/mol. The lowest BCUT2D eigenvalue weighted by atomic mass is 10.00. The molecule has 0 aliphatic heterocycles. The highest BCUT2D eigenvalue weighted by molar-refractivity contribution is 4.78. The quantitative estimate of drug-likeness (QED) is 0.758. The third-order valence-corrected chi connectivity index (χ3v) is 4.13. The zero-order valence-corrected chi connectivity index (χ0v) is 10.7. The number of aliphatic hydroxyl groups is 1. The Labute approximate surface area is 94.7 Å². The molecule has 0 spiro atoms. The molecule has 3 unspecified atom stereocenters. The summed E-state index contributed by atoms with van der Waals surface area (Å²) in [6, 6.07) is 0.642.